The van der Waals surface area contributed by atoms with Crippen LogP contribution >= 0.6 is 11.6 Å². The molecule has 0 spiro atoms. The summed E-state index contributed by atoms with van der Waals surface area (Å²) in [7, 11) is 0. The van der Waals surface area contributed by atoms with Gasteiger partial charge in [0.2, 0.25) is 4.87 Å². The summed E-state index contributed by atoms with van der Waals surface area (Å²) in [5.41, 5.74) is -9.13. The van der Waals surface area contributed by atoms with Crippen molar-refractivity contribution in [2.24, 2.45) is 0 Å². The Morgan fingerprint density at radius 3 is 0.588 bits per heavy atom. The van der Waals surface area contributed by atoms with Gasteiger partial charge in [0.25, 0.3) is 5.67 Å². The van der Waals surface area contributed by atoms with Gasteiger partial charge in [-0.25, -0.2) is 4.39 Å². The minimum Gasteiger partial charge on any atom is -0.227 e. The molecule has 0 amide bonds. The molecule has 0 aliphatic heterocycles. The van der Waals surface area contributed by atoms with Crippen LogP contribution in [0.2, 0.25) is 0 Å². The van der Waals surface area contributed by atoms with Gasteiger partial charge >= 0.3 is 59.2 Å². The lowest BCUT2D eigenvalue weighted by Gasteiger charge is -2.62. The number of rotatable bonds is 1. The Balaban J connectivity index is 3.27. The third-order valence-electron chi connectivity index (χ3n) is 5.36. The van der Waals surface area contributed by atoms with Crippen LogP contribution in [0.5, 0.6) is 0 Å². The fourth-order valence-electron chi connectivity index (χ4n) is 3.31. The zero-order chi connectivity index (χ0) is 28.0. The topological polar surface area (TPSA) is 0 Å². The lowest BCUT2D eigenvalue weighted by atomic mass is 9.58. The van der Waals surface area contributed by atoms with Gasteiger partial charge in [-0.05, 0) is 0 Å². The fourth-order valence-corrected chi connectivity index (χ4v) is 3.78. The second kappa shape index (κ2) is 6.03. The number of hydrogen-bond donors (Lipinski definition) is 0. The first-order chi connectivity index (χ1) is 14.2. The van der Waals surface area contributed by atoms with Crippen molar-refractivity contribution in [1.29, 1.82) is 0 Å². The molecule has 0 heterocycles. The Morgan fingerprint density at radius 2 is 0.382 bits per heavy atom. The molecule has 0 radical (unpaired) electrons. The van der Waals surface area contributed by atoms with Gasteiger partial charge in [0.05, 0.1) is 0 Å². The van der Waals surface area contributed by atoms with Crippen molar-refractivity contribution >= 4 is 11.6 Å². The van der Waals surface area contributed by atoms with E-state index in [-0.39, 0.29) is 0 Å². The maximum Gasteiger partial charge on any atom is 0.384 e. The molecular weight excluding hydrogens is 579 g/mol. The van der Waals surface area contributed by atoms with Gasteiger partial charge in [0.1, 0.15) is 0 Å². The number of halogens is 22. The minimum atomic E-state index is -9.13. The van der Waals surface area contributed by atoms with Gasteiger partial charge in [0.15, 0.2) is 0 Å². The molecule has 2 aliphatic rings. The summed E-state index contributed by atoms with van der Waals surface area (Å²) in [6, 6.07) is 0. The molecule has 202 valence electrons. The highest BCUT2D eigenvalue weighted by Gasteiger charge is 3.13. The van der Waals surface area contributed by atoms with E-state index in [9.17, 15) is 92.2 Å². The molecule has 0 nitrogen and oxygen atoms in total. The fraction of sp³-hybridized carbons (Fsp3) is 1.00. The lowest BCUT2D eigenvalue weighted by Crippen LogP contribution is -2.96. The molecule has 2 rings (SSSR count). The van der Waals surface area contributed by atoms with Crippen molar-refractivity contribution in [3.63, 3.8) is 0 Å². The average molecular weight is 579 g/mol. The first kappa shape index (κ1) is 29.1. The van der Waals surface area contributed by atoms with Gasteiger partial charge in [-0.3, -0.25) is 0 Å². The molecule has 2 aliphatic carbocycles. The number of hydrogen-bond acceptors (Lipinski definition) is 0. The standard InChI is InChI=1S/C12ClF21/c13-1(3(15,16)7(23,24)11(31,32)8(25,26)4(1,17)18)2(14)5(19,20)9(27,28)12(33,34)10(29,30)6(2,21)22. The van der Waals surface area contributed by atoms with Crippen LogP contribution in [-0.2, 0) is 0 Å². The lowest BCUT2D eigenvalue weighted by molar-refractivity contribution is -0.525. The van der Waals surface area contributed by atoms with Crippen molar-refractivity contribution in [1.82, 2.24) is 0 Å². The predicted molar refractivity (Wildman–Crippen MR) is 61.9 cm³/mol. The maximum atomic E-state index is 14.9. The predicted octanol–water partition coefficient (Wildman–Crippen LogP) is 7.05. The van der Waals surface area contributed by atoms with Crippen LogP contribution in [0.15, 0.2) is 0 Å². The monoisotopic (exact) mass is 578 g/mol. The van der Waals surface area contributed by atoms with E-state index in [4.69, 9.17) is 0 Å². The molecule has 0 N–H and O–H groups in total. The zero-order valence-corrected chi connectivity index (χ0v) is 15.1. The Hall–Kier alpha value is -1.18. The largest absolute Gasteiger partial charge is 0.384 e. The molecule has 22 heteroatoms. The third kappa shape index (κ3) is 2.04. The average Bonchev–Trinajstić information content (AvgIpc) is 2.63. The van der Waals surface area contributed by atoms with Crippen molar-refractivity contribution < 1.29 is 92.2 Å². The number of alkyl halides is 22. The van der Waals surface area contributed by atoms with Crippen molar-refractivity contribution in [2.45, 2.75) is 69.8 Å². The van der Waals surface area contributed by atoms with Crippen molar-refractivity contribution in [3.05, 3.63) is 0 Å². The van der Waals surface area contributed by atoms with Crippen LogP contribution < -0.4 is 0 Å². The highest BCUT2D eigenvalue weighted by atomic mass is 35.5. The molecule has 34 heavy (non-hydrogen) atoms. The third-order valence-corrected chi connectivity index (χ3v) is 6.10. The summed E-state index contributed by atoms with van der Waals surface area (Å²) in [4.78, 5) is -8.59. The second-order valence-electron chi connectivity index (χ2n) is 7.06. The van der Waals surface area contributed by atoms with Crippen molar-refractivity contribution in [2.75, 3.05) is 0 Å². The summed E-state index contributed by atoms with van der Waals surface area (Å²) >= 11 is 3.65. The summed E-state index contributed by atoms with van der Waals surface area (Å²) in [5, 5.41) is 0. The van der Waals surface area contributed by atoms with E-state index < -0.39 is 69.8 Å². The summed E-state index contributed by atoms with van der Waals surface area (Å²) < 4.78 is 287. The molecule has 0 aromatic carbocycles. The Kier molecular flexibility index (Phi) is 5.15. The molecule has 0 aromatic heterocycles. The Labute approximate surface area is 175 Å². The van der Waals surface area contributed by atoms with E-state index in [0.717, 1.165) is 0 Å². The van der Waals surface area contributed by atoms with Gasteiger partial charge in [-0.15, -0.1) is 11.6 Å². The van der Waals surface area contributed by atoms with E-state index in [1.54, 1.807) is 0 Å². The van der Waals surface area contributed by atoms with Crippen LogP contribution in [-0.4, -0.2) is 69.8 Å². The molecule has 2 fully saturated rings. The molecule has 0 atom stereocenters. The van der Waals surface area contributed by atoms with Crippen LogP contribution in [0.1, 0.15) is 0 Å². The molecule has 0 unspecified atom stereocenters. The molecular formula is C12ClF21. The van der Waals surface area contributed by atoms with E-state index in [1.807, 2.05) is 0 Å². The quantitative estimate of drug-likeness (QED) is 0.231. The summed E-state index contributed by atoms with van der Waals surface area (Å²) in [5.74, 6) is -85.8. The molecule has 2 saturated carbocycles. The highest BCUT2D eigenvalue weighted by Crippen LogP contribution is 2.80. The zero-order valence-electron chi connectivity index (χ0n) is 14.3. The molecule has 0 saturated heterocycles. The van der Waals surface area contributed by atoms with E-state index in [2.05, 4.69) is 11.6 Å². The first-order valence-corrected chi connectivity index (χ1v) is 7.79. The van der Waals surface area contributed by atoms with Crippen LogP contribution in [0.4, 0.5) is 92.2 Å². The van der Waals surface area contributed by atoms with E-state index in [1.165, 1.54) is 0 Å². The summed E-state index contributed by atoms with van der Waals surface area (Å²) in [6.45, 7) is 0. The van der Waals surface area contributed by atoms with Crippen LogP contribution in [0.25, 0.3) is 0 Å². The normalized spacial score (nSPS) is 35.8. The Bertz CT molecular complexity index is 750. The van der Waals surface area contributed by atoms with Crippen LogP contribution in [0, 0.1) is 0 Å². The first-order valence-electron chi connectivity index (χ1n) is 7.41. The smallest absolute Gasteiger partial charge is 0.227 e. The maximum absolute atomic E-state index is 14.9. The minimum absolute atomic E-state index is 3.65. The van der Waals surface area contributed by atoms with Gasteiger partial charge in [-0.2, -0.15) is 87.8 Å². The van der Waals surface area contributed by atoms with Crippen molar-refractivity contribution in [3.8, 4) is 0 Å². The molecule has 0 bridgehead atoms. The van der Waals surface area contributed by atoms with E-state index >= 15 is 0 Å². The van der Waals surface area contributed by atoms with Gasteiger partial charge in [0, 0.05) is 0 Å². The summed E-state index contributed by atoms with van der Waals surface area (Å²) in [6.07, 6.45) is 0. The van der Waals surface area contributed by atoms with Crippen LogP contribution in [0.3, 0.4) is 0 Å². The van der Waals surface area contributed by atoms with Gasteiger partial charge < -0.3 is 0 Å². The SMILES string of the molecule is FC1(F)C(F)(F)C(F)(F)C(F)(C2(Cl)C(F)(F)C(F)(F)C(F)(F)C(F)(F)C2(F)F)C(F)(F)C1(F)F. The highest BCUT2D eigenvalue weighted by molar-refractivity contribution is 6.27. The molecule has 0 aromatic rings. The van der Waals surface area contributed by atoms with Gasteiger partial charge in [-0.1, -0.05) is 0 Å². The van der Waals surface area contributed by atoms with E-state index in [0.29, 0.717) is 0 Å². The second-order valence-corrected chi connectivity index (χ2v) is 7.63. The Morgan fingerprint density at radius 1 is 0.235 bits per heavy atom.